The zero-order valence-corrected chi connectivity index (χ0v) is 13.8. The Hall–Kier alpha value is -2.94. The maximum absolute atomic E-state index is 12.0. The lowest BCUT2D eigenvalue weighted by Gasteiger charge is -2.25. The van der Waals surface area contributed by atoms with Crippen LogP contribution < -0.4 is 15.4 Å². The minimum Gasteiger partial charge on any atom is -0.478 e. The quantitative estimate of drug-likeness (QED) is 0.714. The summed E-state index contributed by atoms with van der Waals surface area (Å²) in [5.41, 5.74) is 0.583. The molecule has 1 aliphatic heterocycles. The number of carboxylic acids is 1. The van der Waals surface area contributed by atoms with E-state index in [1.54, 1.807) is 24.3 Å². The number of benzene rings is 1. The number of carbonyl (C=O) groups excluding carboxylic acids is 2. The zero-order valence-electron chi connectivity index (χ0n) is 13.0. The fourth-order valence-electron chi connectivity index (χ4n) is 2.30. The molecular weight excluding hydrogens is 346 g/mol. The Kier molecular flexibility index (Phi) is 4.94. The van der Waals surface area contributed by atoms with Crippen LogP contribution in [-0.4, -0.2) is 40.5 Å². The summed E-state index contributed by atoms with van der Waals surface area (Å²) >= 11 is 1.23. The molecule has 2 aromatic rings. The minimum atomic E-state index is -1.08. The van der Waals surface area contributed by atoms with Crippen molar-refractivity contribution < 1.29 is 24.2 Å². The van der Waals surface area contributed by atoms with Gasteiger partial charge < -0.3 is 20.5 Å². The highest BCUT2D eigenvalue weighted by atomic mass is 32.1. The van der Waals surface area contributed by atoms with Crippen LogP contribution in [0.25, 0.3) is 0 Å². The summed E-state index contributed by atoms with van der Waals surface area (Å²) in [4.78, 5) is 38.7. The van der Waals surface area contributed by atoms with Crippen LogP contribution >= 0.6 is 11.3 Å². The van der Waals surface area contributed by atoms with Crippen molar-refractivity contribution >= 4 is 34.8 Å². The fourth-order valence-corrected chi connectivity index (χ4v) is 3.07. The zero-order chi connectivity index (χ0) is 17.8. The van der Waals surface area contributed by atoms with E-state index in [4.69, 9.17) is 9.84 Å². The lowest BCUT2D eigenvalue weighted by Crippen LogP contribution is -2.41. The average Bonchev–Trinajstić information content (AvgIpc) is 3.05. The van der Waals surface area contributed by atoms with Gasteiger partial charge in [0.15, 0.2) is 11.8 Å². The van der Waals surface area contributed by atoms with Crippen LogP contribution in [0.2, 0.25) is 0 Å². The number of amides is 2. The van der Waals surface area contributed by atoms with E-state index in [2.05, 4.69) is 15.6 Å². The van der Waals surface area contributed by atoms with Gasteiger partial charge in [0.1, 0.15) is 5.75 Å². The largest absolute Gasteiger partial charge is 0.478 e. The highest BCUT2D eigenvalue weighted by Gasteiger charge is 2.29. The molecule has 0 saturated heterocycles. The number of carboxylic acid groups (broad SMARTS) is 1. The van der Waals surface area contributed by atoms with Gasteiger partial charge in [0.2, 0.25) is 5.91 Å². The molecule has 0 fully saturated rings. The number of aromatic nitrogens is 1. The number of carbonyl (C=O) groups is 3. The van der Waals surface area contributed by atoms with Crippen molar-refractivity contribution in [1.29, 1.82) is 0 Å². The highest BCUT2D eigenvalue weighted by Crippen LogP contribution is 2.29. The molecule has 2 heterocycles. The molecule has 130 valence electrons. The normalized spacial score (nSPS) is 15.7. The van der Waals surface area contributed by atoms with Crippen molar-refractivity contribution in [2.75, 3.05) is 11.9 Å². The van der Waals surface area contributed by atoms with E-state index in [1.807, 2.05) is 0 Å². The molecule has 1 aromatic heterocycles. The molecule has 2 amide bonds. The predicted octanol–water partition coefficient (Wildman–Crippen LogP) is 1.29. The van der Waals surface area contributed by atoms with Gasteiger partial charge >= 0.3 is 5.97 Å². The fraction of sp³-hybridized carbons (Fsp3) is 0.250. The molecule has 0 bridgehead atoms. The summed E-state index contributed by atoms with van der Waals surface area (Å²) in [6, 6.07) is 7.02. The Balaban J connectivity index is 1.48. The number of nitrogens with zero attached hydrogens (tertiary/aromatic N) is 1. The molecule has 1 unspecified atom stereocenters. The molecule has 1 aliphatic rings. The van der Waals surface area contributed by atoms with Gasteiger partial charge in [0.05, 0.1) is 17.1 Å². The first-order chi connectivity index (χ1) is 12.0. The van der Waals surface area contributed by atoms with E-state index in [-0.39, 0.29) is 23.9 Å². The number of para-hydroxylation sites is 2. The number of rotatable bonds is 6. The molecule has 3 rings (SSSR count). The summed E-state index contributed by atoms with van der Waals surface area (Å²) in [6.07, 6.45) is -0.559. The predicted molar refractivity (Wildman–Crippen MR) is 89.9 cm³/mol. The summed E-state index contributed by atoms with van der Waals surface area (Å²) in [5, 5.41) is 16.3. The maximum atomic E-state index is 12.0. The number of anilines is 1. The summed E-state index contributed by atoms with van der Waals surface area (Å²) < 4.78 is 5.56. The second kappa shape index (κ2) is 7.31. The van der Waals surface area contributed by atoms with E-state index in [1.165, 1.54) is 16.7 Å². The monoisotopic (exact) mass is 361 g/mol. The van der Waals surface area contributed by atoms with Crippen LogP contribution in [0.3, 0.4) is 0 Å². The van der Waals surface area contributed by atoms with E-state index < -0.39 is 12.1 Å². The van der Waals surface area contributed by atoms with Crippen LogP contribution in [0, 0.1) is 0 Å². The standard InChI is InChI=1S/C16H15N3O5S/c20-13(17-6-5-14-18-10(8-25-14)16(22)23)7-12-15(21)19-9-3-1-2-4-11(9)24-12/h1-4,8,12H,5-7H2,(H,17,20)(H,19,21)(H,22,23). The van der Waals surface area contributed by atoms with E-state index in [9.17, 15) is 14.4 Å². The van der Waals surface area contributed by atoms with Crippen molar-refractivity contribution in [3.63, 3.8) is 0 Å². The second-order valence-corrected chi connectivity index (χ2v) is 6.27. The maximum Gasteiger partial charge on any atom is 0.355 e. The topological polar surface area (TPSA) is 118 Å². The van der Waals surface area contributed by atoms with Crippen molar-refractivity contribution in [3.05, 3.63) is 40.3 Å². The second-order valence-electron chi connectivity index (χ2n) is 5.33. The molecule has 0 radical (unpaired) electrons. The molecule has 0 saturated carbocycles. The molecule has 9 heteroatoms. The van der Waals surface area contributed by atoms with Crippen LogP contribution in [-0.2, 0) is 16.0 Å². The molecule has 0 aliphatic carbocycles. The van der Waals surface area contributed by atoms with E-state index in [0.717, 1.165) is 0 Å². The van der Waals surface area contributed by atoms with E-state index >= 15 is 0 Å². The first kappa shape index (κ1) is 16.9. The van der Waals surface area contributed by atoms with Gasteiger partial charge in [-0.25, -0.2) is 9.78 Å². The van der Waals surface area contributed by atoms with Crippen LogP contribution in [0.4, 0.5) is 5.69 Å². The van der Waals surface area contributed by atoms with Gasteiger partial charge in [-0.3, -0.25) is 9.59 Å². The Morgan fingerprint density at radius 2 is 2.16 bits per heavy atom. The number of aromatic carboxylic acids is 1. The minimum absolute atomic E-state index is 0.00253. The number of nitrogens with one attached hydrogen (secondary N) is 2. The average molecular weight is 361 g/mol. The van der Waals surface area contributed by atoms with Crippen LogP contribution in [0.15, 0.2) is 29.6 Å². The third-order valence-electron chi connectivity index (χ3n) is 3.51. The number of hydrogen-bond acceptors (Lipinski definition) is 6. The van der Waals surface area contributed by atoms with Gasteiger partial charge in [-0.15, -0.1) is 11.3 Å². The van der Waals surface area contributed by atoms with Crippen molar-refractivity contribution in [2.24, 2.45) is 0 Å². The summed E-state index contributed by atoms with van der Waals surface area (Å²) in [5.74, 6) is -1.23. The first-order valence-corrected chi connectivity index (χ1v) is 8.42. The Morgan fingerprint density at radius 3 is 2.92 bits per heavy atom. The molecule has 25 heavy (non-hydrogen) atoms. The van der Waals surface area contributed by atoms with Gasteiger partial charge in [-0.05, 0) is 12.1 Å². The molecule has 1 aromatic carbocycles. The van der Waals surface area contributed by atoms with Crippen LogP contribution in [0.1, 0.15) is 21.9 Å². The van der Waals surface area contributed by atoms with Gasteiger partial charge in [0, 0.05) is 18.3 Å². The highest BCUT2D eigenvalue weighted by molar-refractivity contribution is 7.09. The lowest BCUT2D eigenvalue weighted by molar-refractivity contribution is -0.130. The molecule has 0 spiro atoms. The van der Waals surface area contributed by atoms with Crippen molar-refractivity contribution in [1.82, 2.24) is 10.3 Å². The number of hydrogen-bond donors (Lipinski definition) is 3. The number of ether oxygens (including phenoxy) is 1. The summed E-state index contributed by atoms with van der Waals surface area (Å²) in [7, 11) is 0. The Labute approximate surface area is 146 Å². The third kappa shape index (κ3) is 4.13. The molecule has 1 atom stereocenters. The Morgan fingerprint density at radius 1 is 1.36 bits per heavy atom. The summed E-state index contributed by atoms with van der Waals surface area (Å²) in [6.45, 7) is 0.302. The lowest BCUT2D eigenvalue weighted by atomic mass is 10.1. The van der Waals surface area contributed by atoms with Gasteiger partial charge in [-0.1, -0.05) is 12.1 Å². The third-order valence-corrected chi connectivity index (χ3v) is 4.42. The number of fused-ring (bicyclic) bond motifs is 1. The first-order valence-electron chi connectivity index (χ1n) is 7.54. The SMILES string of the molecule is O=C(CC1Oc2ccccc2NC1=O)NCCc1nc(C(=O)O)cs1. The van der Waals surface area contributed by atoms with Crippen LogP contribution in [0.5, 0.6) is 5.75 Å². The molecule has 8 nitrogen and oxygen atoms in total. The smallest absolute Gasteiger partial charge is 0.355 e. The van der Waals surface area contributed by atoms with Gasteiger partial charge in [0.25, 0.3) is 5.91 Å². The van der Waals surface area contributed by atoms with E-state index in [0.29, 0.717) is 29.4 Å². The molecule has 3 N–H and O–H groups in total. The number of thiazole rings is 1. The van der Waals surface area contributed by atoms with Crippen molar-refractivity contribution in [2.45, 2.75) is 18.9 Å². The van der Waals surface area contributed by atoms with Crippen molar-refractivity contribution in [3.8, 4) is 5.75 Å². The van der Waals surface area contributed by atoms with Gasteiger partial charge in [-0.2, -0.15) is 0 Å². The Bertz CT molecular complexity index is 820. The molecular formula is C16H15N3O5S.